The Balaban J connectivity index is 1.95. The van der Waals surface area contributed by atoms with Gasteiger partial charge in [0.25, 0.3) is 0 Å². The van der Waals surface area contributed by atoms with E-state index in [1.165, 1.54) is 24.8 Å². The molecular formula is C12H19NO. The minimum absolute atomic E-state index is 0.390. The number of hydrogen-bond donors (Lipinski definition) is 1. The Kier molecular flexibility index (Phi) is 2.92. The molecule has 1 fully saturated rings. The van der Waals surface area contributed by atoms with E-state index < -0.39 is 0 Å². The van der Waals surface area contributed by atoms with Crippen molar-refractivity contribution in [3.8, 4) is 0 Å². The minimum Gasteiger partial charge on any atom is -0.472 e. The van der Waals surface area contributed by atoms with Gasteiger partial charge in [0.2, 0.25) is 0 Å². The van der Waals surface area contributed by atoms with Gasteiger partial charge >= 0.3 is 0 Å². The first-order valence-electron chi connectivity index (χ1n) is 5.52. The highest BCUT2D eigenvalue weighted by molar-refractivity contribution is 5.07. The maximum Gasteiger partial charge on any atom is 0.0934 e. The van der Waals surface area contributed by atoms with Gasteiger partial charge in [0.15, 0.2) is 0 Å². The molecule has 1 saturated carbocycles. The first-order chi connectivity index (χ1) is 6.75. The molecule has 0 bridgehead atoms. The molecule has 2 N–H and O–H groups in total. The third-order valence-corrected chi connectivity index (χ3v) is 3.38. The summed E-state index contributed by atoms with van der Waals surface area (Å²) in [4.78, 5) is 0. The highest BCUT2D eigenvalue weighted by Crippen LogP contribution is 2.30. The van der Waals surface area contributed by atoms with E-state index in [2.05, 4.69) is 6.92 Å². The van der Waals surface area contributed by atoms with Crippen molar-refractivity contribution in [2.75, 3.05) is 0 Å². The minimum atomic E-state index is 0.390. The van der Waals surface area contributed by atoms with Crippen LogP contribution < -0.4 is 5.73 Å². The molecule has 1 aromatic heterocycles. The average Bonchev–Trinajstić information content (AvgIpc) is 2.64. The van der Waals surface area contributed by atoms with Crippen molar-refractivity contribution >= 4 is 0 Å². The van der Waals surface area contributed by atoms with Crippen molar-refractivity contribution in [3.05, 3.63) is 24.2 Å². The quantitative estimate of drug-likeness (QED) is 0.784. The largest absolute Gasteiger partial charge is 0.472 e. The van der Waals surface area contributed by atoms with Crippen LogP contribution in [-0.2, 0) is 6.42 Å². The predicted octanol–water partition coefficient (Wildman–Crippen LogP) is 2.59. The zero-order valence-corrected chi connectivity index (χ0v) is 8.78. The summed E-state index contributed by atoms with van der Waals surface area (Å²) in [6, 6.07) is 2.44. The lowest BCUT2D eigenvalue weighted by Gasteiger charge is -2.32. The zero-order chi connectivity index (χ0) is 9.97. The summed E-state index contributed by atoms with van der Waals surface area (Å²) in [6.07, 6.45) is 8.42. The Morgan fingerprint density at radius 3 is 3.07 bits per heavy atom. The molecule has 0 saturated heterocycles. The van der Waals surface area contributed by atoms with Crippen molar-refractivity contribution in [2.24, 2.45) is 17.6 Å². The van der Waals surface area contributed by atoms with E-state index in [0.29, 0.717) is 12.0 Å². The van der Waals surface area contributed by atoms with Gasteiger partial charge in [0.1, 0.15) is 0 Å². The Morgan fingerprint density at radius 1 is 1.50 bits per heavy atom. The van der Waals surface area contributed by atoms with Crippen LogP contribution in [0, 0.1) is 11.8 Å². The fraction of sp³-hybridized carbons (Fsp3) is 0.667. The van der Waals surface area contributed by atoms with E-state index in [9.17, 15) is 0 Å². The molecule has 3 unspecified atom stereocenters. The van der Waals surface area contributed by atoms with E-state index >= 15 is 0 Å². The van der Waals surface area contributed by atoms with Crippen LogP contribution in [-0.4, -0.2) is 6.04 Å². The van der Waals surface area contributed by atoms with Gasteiger partial charge in [-0.3, -0.25) is 0 Å². The van der Waals surface area contributed by atoms with Gasteiger partial charge in [-0.25, -0.2) is 0 Å². The topological polar surface area (TPSA) is 39.2 Å². The van der Waals surface area contributed by atoms with Gasteiger partial charge in [0.05, 0.1) is 12.5 Å². The second-order valence-electron chi connectivity index (χ2n) is 4.68. The smallest absolute Gasteiger partial charge is 0.0934 e. The van der Waals surface area contributed by atoms with Crippen LogP contribution in [0.1, 0.15) is 31.7 Å². The fourth-order valence-corrected chi connectivity index (χ4v) is 2.47. The van der Waals surface area contributed by atoms with E-state index in [4.69, 9.17) is 10.2 Å². The van der Waals surface area contributed by atoms with Crippen molar-refractivity contribution in [3.63, 3.8) is 0 Å². The van der Waals surface area contributed by atoms with E-state index in [0.717, 1.165) is 12.3 Å². The molecule has 1 aliphatic rings. The first-order valence-corrected chi connectivity index (χ1v) is 5.52. The zero-order valence-electron chi connectivity index (χ0n) is 8.78. The maximum atomic E-state index is 6.13. The van der Waals surface area contributed by atoms with Crippen molar-refractivity contribution in [1.29, 1.82) is 0 Å². The monoisotopic (exact) mass is 193 g/mol. The third kappa shape index (κ3) is 2.18. The molecule has 0 amide bonds. The van der Waals surface area contributed by atoms with Crippen LogP contribution in [0.2, 0.25) is 0 Å². The third-order valence-electron chi connectivity index (χ3n) is 3.38. The summed E-state index contributed by atoms with van der Waals surface area (Å²) < 4.78 is 5.08. The first kappa shape index (κ1) is 9.78. The van der Waals surface area contributed by atoms with Crippen LogP contribution in [0.5, 0.6) is 0 Å². The molecule has 2 nitrogen and oxygen atoms in total. The van der Waals surface area contributed by atoms with Gasteiger partial charge in [-0.2, -0.15) is 0 Å². The lowest BCUT2D eigenvalue weighted by molar-refractivity contribution is 0.244. The van der Waals surface area contributed by atoms with Crippen molar-refractivity contribution in [1.82, 2.24) is 0 Å². The molecule has 0 radical (unpaired) electrons. The highest BCUT2D eigenvalue weighted by Gasteiger charge is 2.25. The normalized spacial score (nSPS) is 33.1. The second-order valence-corrected chi connectivity index (χ2v) is 4.68. The molecule has 2 rings (SSSR count). The van der Waals surface area contributed by atoms with Crippen LogP contribution in [0.25, 0.3) is 0 Å². The lowest BCUT2D eigenvalue weighted by Crippen LogP contribution is -2.36. The molecule has 3 atom stereocenters. The molecule has 14 heavy (non-hydrogen) atoms. The van der Waals surface area contributed by atoms with E-state index in [1.54, 1.807) is 6.26 Å². The molecule has 78 valence electrons. The summed E-state index contributed by atoms with van der Waals surface area (Å²) in [5.41, 5.74) is 7.42. The summed E-state index contributed by atoms with van der Waals surface area (Å²) >= 11 is 0. The molecule has 0 aromatic carbocycles. The predicted molar refractivity (Wildman–Crippen MR) is 56.9 cm³/mol. The van der Waals surface area contributed by atoms with Gasteiger partial charge in [-0.05, 0) is 49.1 Å². The van der Waals surface area contributed by atoms with Crippen LogP contribution in [0.4, 0.5) is 0 Å². The summed E-state index contributed by atoms with van der Waals surface area (Å²) in [6.45, 7) is 2.33. The highest BCUT2D eigenvalue weighted by atomic mass is 16.3. The van der Waals surface area contributed by atoms with E-state index in [1.807, 2.05) is 12.3 Å². The molecular weight excluding hydrogens is 174 g/mol. The standard InChI is InChI=1S/C12H19NO/c1-9-2-3-12(13)11(6-9)7-10-4-5-14-8-10/h4-5,8-9,11-12H,2-3,6-7,13H2,1H3. The van der Waals surface area contributed by atoms with E-state index in [-0.39, 0.29) is 0 Å². The van der Waals surface area contributed by atoms with Crippen molar-refractivity contribution in [2.45, 2.75) is 38.6 Å². The summed E-state index contributed by atoms with van der Waals surface area (Å²) in [5, 5.41) is 0. The molecule has 0 spiro atoms. The Bertz CT molecular complexity index is 268. The molecule has 1 aromatic rings. The maximum absolute atomic E-state index is 6.13. The number of rotatable bonds is 2. The Morgan fingerprint density at radius 2 is 2.36 bits per heavy atom. The SMILES string of the molecule is CC1CCC(N)C(Cc2ccoc2)C1. The number of furan rings is 1. The van der Waals surface area contributed by atoms with Gasteiger partial charge < -0.3 is 10.2 Å². The van der Waals surface area contributed by atoms with Crippen molar-refractivity contribution < 1.29 is 4.42 Å². The lowest BCUT2D eigenvalue weighted by atomic mass is 9.77. The van der Waals surface area contributed by atoms with Gasteiger partial charge in [0, 0.05) is 6.04 Å². The number of nitrogens with two attached hydrogens (primary N) is 1. The molecule has 0 aliphatic heterocycles. The molecule has 1 heterocycles. The summed E-state index contributed by atoms with van der Waals surface area (Å²) in [7, 11) is 0. The van der Waals surface area contributed by atoms with Gasteiger partial charge in [-0.15, -0.1) is 0 Å². The molecule has 1 aliphatic carbocycles. The number of hydrogen-bond acceptors (Lipinski definition) is 2. The van der Waals surface area contributed by atoms with Crippen LogP contribution in [0.15, 0.2) is 23.0 Å². The summed E-state index contributed by atoms with van der Waals surface area (Å²) in [5.74, 6) is 1.49. The Labute approximate surface area is 85.5 Å². The van der Waals surface area contributed by atoms with Crippen LogP contribution in [0.3, 0.4) is 0 Å². The average molecular weight is 193 g/mol. The fourth-order valence-electron chi connectivity index (χ4n) is 2.47. The Hall–Kier alpha value is -0.760. The second kappa shape index (κ2) is 4.18. The molecule has 2 heteroatoms. The van der Waals surface area contributed by atoms with Gasteiger partial charge in [-0.1, -0.05) is 6.92 Å². The van der Waals surface area contributed by atoms with Crippen LogP contribution >= 0.6 is 0 Å².